The molecule has 2 rings (SSSR count). The summed E-state index contributed by atoms with van der Waals surface area (Å²) in [6, 6.07) is 5.62. The van der Waals surface area contributed by atoms with Gasteiger partial charge in [-0.05, 0) is 12.1 Å². The van der Waals surface area contributed by atoms with Crippen molar-refractivity contribution in [3.63, 3.8) is 0 Å². The highest BCUT2D eigenvalue weighted by Gasteiger charge is 2.06. The van der Waals surface area contributed by atoms with Gasteiger partial charge in [0.15, 0.2) is 5.82 Å². The molecule has 0 aliphatic heterocycles. The highest BCUT2D eigenvalue weighted by molar-refractivity contribution is 5.59. The second kappa shape index (κ2) is 5.39. The molecule has 0 aliphatic rings. The molecule has 0 fully saturated rings. The smallest absolute Gasteiger partial charge is 0.151 e. The van der Waals surface area contributed by atoms with Gasteiger partial charge in [-0.1, -0.05) is 0 Å². The minimum absolute atomic E-state index is 0.583. The number of ether oxygens (including phenoxy) is 2. The molecule has 2 aromatic rings. The van der Waals surface area contributed by atoms with Crippen molar-refractivity contribution in [2.24, 2.45) is 7.05 Å². The van der Waals surface area contributed by atoms with Crippen LogP contribution in [0.2, 0.25) is 0 Å². The van der Waals surface area contributed by atoms with Crippen LogP contribution >= 0.6 is 0 Å². The Morgan fingerprint density at radius 2 is 2.11 bits per heavy atom. The Kier molecular flexibility index (Phi) is 3.66. The van der Waals surface area contributed by atoms with Gasteiger partial charge in [0.1, 0.15) is 17.8 Å². The first-order chi connectivity index (χ1) is 8.74. The van der Waals surface area contributed by atoms with Gasteiger partial charge in [-0.25, -0.2) is 0 Å². The third kappa shape index (κ3) is 2.53. The van der Waals surface area contributed by atoms with E-state index in [9.17, 15) is 0 Å². The molecule has 0 saturated heterocycles. The van der Waals surface area contributed by atoms with Crippen molar-refractivity contribution in [1.29, 1.82) is 0 Å². The van der Waals surface area contributed by atoms with E-state index in [0.29, 0.717) is 6.54 Å². The van der Waals surface area contributed by atoms with E-state index >= 15 is 0 Å². The van der Waals surface area contributed by atoms with Crippen LogP contribution in [0.3, 0.4) is 0 Å². The first kappa shape index (κ1) is 12.2. The van der Waals surface area contributed by atoms with Gasteiger partial charge in [0, 0.05) is 13.1 Å². The minimum Gasteiger partial charge on any atom is -0.497 e. The lowest BCUT2D eigenvalue weighted by atomic mass is 10.2. The van der Waals surface area contributed by atoms with Crippen LogP contribution in [0.4, 0.5) is 5.69 Å². The molecule has 96 valence electrons. The molecule has 1 aromatic carbocycles. The summed E-state index contributed by atoms with van der Waals surface area (Å²) in [4.78, 5) is 0. The Balaban J connectivity index is 2.11. The minimum atomic E-state index is 0.583. The molecule has 1 heterocycles. The summed E-state index contributed by atoms with van der Waals surface area (Å²) in [5.41, 5.74) is 0.890. The van der Waals surface area contributed by atoms with Crippen LogP contribution in [0.5, 0.6) is 11.5 Å². The van der Waals surface area contributed by atoms with Crippen LogP contribution in [0.25, 0.3) is 0 Å². The van der Waals surface area contributed by atoms with Crippen molar-refractivity contribution < 1.29 is 9.47 Å². The van der Waals surface area contributed by atoms with Gasteiger partial charge in [-0.3, -0.25) is 0 Å². The number of methoxy groups -OCH3 is 2. The number of aryl methyl sites for hydroxylation is 1. The third-order valence-electron chi connectivity index (χ3n) is 2.65. The molecule has 18 heavy (non-hydrogen) atoms. The molecule has 0 bridgehead atoms. The average Bonchev–Trinajstić information content (AvgIpc) is 2.81. The van der Waals surface area contributed by atoms with E-state index in [-0.39, 0.29) is 0 Å². The number of nitrogens with zero attached hydrogens (tertiary/aromatic N) is 3. The molecule has 0 unspecified atom stereocenters. The molecule has 1 N–H and O–H groups in total. The van der Waals surface area contributed by atoms with Crippen molar-refractivity contribution in [2.45, 2.75) is 6.54 Å². The van der Waals surface area contributed by atoms with Gasteiger partial charge in [-0.15, -0.1) is 10.2 Å². The van der Waals surface area contributed by atoms with Crippen LogP contribution < -0.4 is 14.8 Å². The van der Waals surface area contributed by atoms with Crippen molar-refractivity contribution in [3.05, 3.63) is 30.4 Å². The standard InChI is InChI=1S/C12H16N4O2/c1-16-8-14-15-12(16)7-13-10-5-4-9(17-2)6-11(10)18-3/h4-6,8,13H,7H2,1-3H3. The molecular formula is C12H16N4O2. The first-order valence-corrected chi connectivity index (χ1v) is 5.53. The van der Waals surface area contributed by atoms with Gasteiger partial charge in [-0.2, -0.15) is 0 Å². The Bertz CT molecular complexity index is 525. The fraction of sp³-hybridized carbons (Fsp3) is 0.333. The van der Waals surface area contributed by atoms with Crippen molar-refractivity contribution in [3.8, 4) is 11.5 Å². The molecule has 6 nitrogen and oxygen atoms in total. The van der Waals surface area contributed by atoms with Gasteiger partial charge in [0.2, 0.25) is 0 Å². The number of hydrogen-bond acceptors (Lipinski definition) is 5. The van der Waals surface area contributed by atoms with Gasteiger partial charge < -0.3 is 19.4 Å². The zero-order valence-corrected chi connectivity index (χ0v) is 10.7. The van der Waals surface area contributed by atoms with Gasteiger partial charge in [0.05, 0.1) is 26.5 Å². The van der Waals surface area contributed by atoms with E-state index in [2.05, 4.69) is 15.5 Å². The quantitative estimate of drug-likeness (QED) is 0.867. The van der Waals surface area contributed by atoms with Crippen molar-refractivity contribution in [2.75, 3.05) is 19.5 Å². The second-order valence-electron chi connectivity index (χ2n) is 3.78. The Hall–Kier alpha value is -2.24. The number of anilines is 1. The fourth-order valence-corrected chi connectivity index (χ4v) is 1.59. The van der Waals surface area contributed by atoms with E-state index in [0.717, 1.165) is 23.0 Å². The zero-order valence-electron chi connectivity index (χ0n) is 10.7. The van der Waals surface area contributed by atoms with Crippen LogP contribution in [0.1, 0.15) is 5.82 Å². The third-order valence-corrected chi connectivity index (χ3v) is 2.65. The summed E-state index contributed by atoms with van der Waals surface area (Å²) in [6.45, 7) is 0.583. The lowest BCUT2D eigenvalue weighted by molar-refractivity contribution is 0.395. The monoisotopic (exact) mass is 248 g/mol. The SMILES string of the molecule is COc1ccc(NCc2nncn2C)c(OC)c1. The molecular weight excluding hydrogens is 232 g/mol. The predicted octanol–water partition coefficient (Wildman–Crippen LogP) is 1.44. The highest BCUT2D eigenvalue weighted by Crippen LogP contribution is 2.29. The molecule has 1 aromatic heterocycles. The zero-order chi connectivity index (χ0) is 13.0. The summed E-state index contributed by atoms with van der Waals surface area (Å²) in [5.74, 6) is 2.35. The highest BCUT2D eigenvalue weighted by atomic mass is 16.5. The van der Waals surface area contributed by atoms with Crippen LogP contribution in [-0.4, -0.2) is 29.0 Å². The molecule has 6 heteroatoms. The second-order valence-corrected chi connectivity index (χ2v) is 3.78. The predicted molar refractivity (Wildman–Crippen MR) is 67.9 cm³/mol. The maximum Gasteiger partial charge on any atom is 0.151 e. The van der Waals surface area contributed by atoms with E-state index < -0.39 is 0 Å². The van der Waals surface area contributed by atoms with Gasteiger partial charge in [0.25, 0.3) is 0 Å². The lowest BCUT2D eigenvalue weighted by Crippen LogP contribution is -2.06. The maximum atomic E-state index is 5.30. The molecule has 0 spiro atoms. The summed E-state index contributed by atoms with van der Waals surface area (Å²) in [6.07, 6.45) is 1.67. The summed E-state index contributed by atoms with van der Waals surface area (Å²) in [7, 11) is 5.16. The Morgan fingerprint density at radius 3 is 2.72 bits per heavy atom. The van der Waals surface area contributed by atoms with Crippen LogP contribution in [0, 0.1) is 0 Å². The van der Waals surface area contributed by atoms with Crippen molar-refractivity contribution >= 4 is 5.69 Å². The number of benzene rings is 1. The number of aromatic nitrogens is 3. The number of nitrogens with one attached hydrogen (secondary N) is 1. The van der Waals surface area contributed by atoms with Crippen LogP contribution in [-0.2, 0) is 13.6 Å². The largest absolute Gasteiger partial charge is 0.497 e. The molecule has 0 amide bonds. The van der Waals surface area contributed by atoms with Crippen LogP contribution in [0.15, 0.2) is 24.5 Å². The number of rotatable bonds is 5. The van der Waals surface area contributed by atoms with E-state index in [1.165, 1.54) is 0 Å². The average molecular weight is 248 g/mol. The molecule has 0 aliphatic carbocycles. The van der Waals surface area contributed by atoms with E-state index in [4.69, 9.17) is 9.47 Å². The number of hydrogen-bond donors (Lipinski definition) is 1. The summed E-state index contributed by atoms with van der Waals surface area (Å²) in [5, 5.41) is 11.1. The Morgan fingerprint density at radius 1 is 1.28 bits per heavy atom. The summed E-state index contributed by atoms with van der Waals surface area (Å²) < 4.78 is 12.3. The first-order valence-electron chi connectivity index (χ1n) is 5.53. The molecule has 0 saturated carbocycles. The summed E-state index contributed by atoms with van der Waals surface area (Å²) >= 11 is 0. The lowest BCUT2D eigenvalue weighted by Gasteiger charge is -2.12. The molecule has 0 atom stereocenters. The van der Waals surface area contributed by atoms with Crippen molar-refractivity contribution in [1.82, 2.24) is 14.8 Å². The topological polar surface area (TPSA) is 61.2 Å². The maximum absolute atomic E-state index is 5.30. The Labute approximate surface area is 106 Å². The molecule has 0 radical (unpaired) electrons. The van der Waals surface area contributed by atoms with Gasteiger partial charge >= 0.3 is 0 Å². The normalized spacial score (nSPS) is 10.2. The fourth-order valence-electron chi connectivity index (χ4n) is 1.59. The van der Waals surface area contributed by atoms with E-state index in [1.54, 1.807) is 20.5 Å². The van der Waals surface area contributed by atoms with E-state index in [1.807, 2.05) is 29.8 Å².